The Morgan fingerprint density at radius 3 is 2.53 bits per heavy atom. The lowest BCUT2D eigenvalue weighted by atomic mass is 10.1. The van der Waals surface area contributed by atoms with Gasteiger partial charge in [0.15, 0.2) is 0 Å². The molecule has 19 heavy (non-hydrogen) atoms. The van der Waals surface area contributed by atoms with Crippen molar-refractivity contribution in [1.29, 1.82) is 0 Å². The highest BCUT2D eigenvalue weighted by molar-refractivity contribution is 5.43. The molecule has 0 radical (unpaired) electrons. The SMILES string of the molecule is COc1ccc(Cc2c(O)[nH]c(=O)[nH]c2=O)c(O)c1. The van der Waals surface area contributed by atoms with Crippen molar-refractivity contribution in [1.82, 2.24) is 9.97 Å². The van der Waals surface area contributed by atoms with Crippen molar-refractivity contribution in [3.8, 4) is 17.4 Å². The first kappa shape index (κ1) is 12.7. The highest BCUT2D eigenvalue weighted by Gasteiger charge is 2.12. The summed E-state index contributed by atoms with van der Waals surface area (Å²) in [5.41, 5.74) is -1.09. The standard InChI is InChI=1S/C12H12N2O5/c1-19-7-3-2-6(9(15)5-7)4-8-10(16)13-12(18)14-11(8)17/h2-3,5,15H,4H2,1H3,(H3,13,14,16,17,18). The fourth-order valence-corrected chi connectivity index (χ4v) is 1.67. The third-order valence-electron chi connectivity index (χ3n) is 2.68. The van der Waals surface area contributed by atoms with E-state index in [1.807, 2.05) is 4.98 Å². The van der Waals surface area contributed by atoms with Crippen LogP contribution in [0.1, 0.15) is 11.1 Å². The maximum absolute atomic E-state index is 11.6. The largest absolute Gasteiger partial charge is 0.508 e. The highest BCUT2D eigenvalue weighted by atomic mass is 16.5. The Morgan fingerprint density at radius 2 is 1.95 bits per heavy atom. The number of rotatable bonds is 3. The van der Waals surface area contributed by atoms with Gasteiger partial charge in [-0.1, -0.05) is 6.07 Å². The fourth-order valence-electron chi connectivity index (χ4n) is 1.67. The average Bonchev–Trinajstić information content (AvgIpc) is 2.35. The van der Waals surface area contributed by atoms with E-state index in [1.54, 1.807) is 12.1 Å². The molecule has 0 atom stereocenters. The number of aromatic amines is 2. The van der Waals surface area contributed by atoms with E-state index in [9.17, 15) is 19.8 Å². The van der Waals surface area contributed by atoms with E-state index in [4.69, 9.17) is 4.74 Å². The molecule has 0 spiro atoms. The molecule has 0 saturated carbocycles. The van der Waals surface area contributed by atoms with Gasteiger partial charge in [-0.05, 0) is 11.6 Å². The van der Waals surface area contributed by atoms with Crippen molar-refractivity contribution < 1.29 is 14.9 Å². The summed E-state index contributed by atoms with van der Waals surface area (Å²) in [5.74, 6) is -0.103. The van der Waals surface area contributed by atoms with Gasteiger partial charge < -0.3 is 14.9 Å². The van der Waals surface area contributed by atoms with Gasteiger partial charge in [-0.15, -0.1) is 0 Å². The lowest BCUT2D eigenvalue weighted by molar-refractivity contribution is 0.406. The van der Waals surface area contributed by atoms with Gasteiger partial charge in [0.25, 0.3) is 5.56 Å². The third kappa shape index (κ3) is 2.59. The second kappa shape index (κ2) is 4.89. The number of benzene rings is 1. The predicted molar refractivity (Wildman–Crippen MR) is 66.8 cm³/mol. The van der Waals surface area contributed by atoms with Crippen LogP contribution in [0.3, 0.4) is 0 Å². The summed E-state index contributed by atoms with van der Waals surface area (Å²) >= 11 is 0. The number of hydrogen-bond donors (Lipinski definition) is 4. The van der Waals surface area contributed by atoms with Crippen LogP contribution in [-0.4, -0.2) is 27.3 Å². The highest BCUT2D eigenvalue weighted by Crippen LogP contribution is 2.26. The minimum Gasteiger partial charge on any atom is -0.508 e. The van der Waals surface area contributed by atoms with Crippen LogP contribution in [-0.2, 0) is 6.42 Å². The summed E-state index contributed by atoms with van der Waals surface area (Å²) in [6, 6.07) is 4.58. The van der Waals surface area contributed by atoms with Crippen LogP contribution in [0.5, 0.6) is 17.4 Å². The van der Waals surface area contributed by atoms with Gasteiger partial charge in [-0.3, -0.25) is 14.8 Å². The Hall–Kier alpha value is -2.70. The van der Waals surface area contributed by atoms with E-state index in [-0.39, 0.29) is 17.7 Å². The van der Waals surface area contributed by atoms with E-state index < -0.39 is 17.1 Å². The first-order chi connectivity index (χ1) is 9.01. The van der Waals surface area contributed by atoms with Crippen LogP contribution in [0.15, 0.2) is 27.8 Å². The molecular weight excluding hydrogens is 252 g/mol. The van der Waals surface area contributed by atoms with E-state index in [0.717, 1.165) is 0 Å². The maximum atomic E-state index is 11.6. The van der Waals surface area contributed by atoms with Gasteiger partial charge in [0, 0.05) is 12.5 Å². The summed E-state index contributed by atoms with van der Waals surface area (Å²) < 4.78 is 4.94. The summed E-state index contributed by atoms with van der Waals surface area (Å²) in [5, 5.41) is 19.3. The number of H-pyrrole nitrogens is 2. The van der Waals surface area contributed by atoms with E-state index in [2.05, 4.69) is 4.98 Å². The number of ether oxygens (including phenoxy) is 1. The molecular formula is C12H12N2O5. The quantitative estimate of drug-likeness (QED) is 0.626. The molecule has 0 aliphatic carbocycles. The summed E-state index contributed by atoms with van der Waals surface area (Å²) in [7, 11) is 1.47. The summed E-state index contributed by atoms with van der Waals surface area (Å²) in [6.45, 7) is 0. The van der Waals surface area contributed by atoms with Crippen LogP contribution in [0.25, 0.3) is 0 Å². The van der Waals surface area contributed by atoms with Crippen molar-refractivity contribution in [2.75, 3.05) is 7.11 Å². The molecule has 0 aliphatic rings. The Bertz CT molecular complexity index is 717. The molecule has 7 nitrogen and oxygen atoms in total. The number of hydrogen-bond acceptors (Lipinski definition) is 5. The van der Waals surface area contributed by atoms with Crippen LogP contribution in [0.4, 0.5) is 0 Å². The van der Waals surface area contributed by atoms with E-state index in [1.165, 1.54) is 13.2 Å². The van der Waals surface area contributed by atoms with E-state index >= 15 is 0 Å². The van der Waals surface area contributed by atoms with Crippen molar-refractivity contribution in [3.05, 3.63) is 50.2 Å². The number of phenols is 1. The second-order valence-corrected chi connectivity index (χ2v) is 3.91. The lowest BCUT2D eigenvalue weighted by Crippen LogP contribution is -2.25. The Morgan fingerprint density at radius 1 is 1.21 bits per heavy atom. The molecule has 2 rings (SSSR count). The zero-order valence-electron chi connectivity index (χ0n) is 10.1. The first-order valence-electron chi connectivity index (χ1n) is 5.41. The summed E-state index contributed by atoms with van der Waals surface area (Å²) in [6.07, 6.45) is -0.0201. The van der Waals surface area contributed by atoms with Crippen molar-refractivity contribution in [3.63, 3.8) is 0 Å². The van der Waals surface area contributed by atoms with Gasteiger partial charge in [0.1, 0.15) is 11.5 Å². The number of nitrogens with one attached hydrogen (secondary N) is 2. The van der Waals surface area contributed by atoms with Crippen molar-refractivity contribution >= 4 is 0 Å². The Kier molecular flexibility index (Phi) is 3.28. The molecule has 0 amide bonds. The molecule has 2 aromatic rings. The number of aromatic hydroxyl groups is 2. The topological polar surface area (TPSA) is 115 Å². The monoisotopic (exact) mass is 264 g/mol. The van der Waals surface area contributed by atoms with Crippen LogP contribution >= 0.6 is 0 Å². The van der Waals surface area contributed by atoms with E-state index in [0.29, 0.717) is 11.3 Å². The Labute approximate surface area is 107 Å². The predicted octanol–water partition coefficient (Wildman–Crippen LogP) is 0.0738. The maximum Gasteiger partial charge on any atom is 0.328 e. The molecule has 0 bridgehead atoms. The normalized spacial score (nSPS) is 10.4. The van der Waals surface area contributed by atoms with Crippen LogP contribution in [0, 0.1) is 0 Å². The molecule has 100 valence electrons. The zero-order chi connectivity index (χ0) is 14.0. The summed E-state index contributed by atoms with van der Waals surface area (Å²) in [4.78, 5) is 26.6. The van der Waals surface area contributed by atoms with Crippen molar-refractivity contribution in [2.24, 2.45) is 0 Å². The Balaban J connectivity index is 2.42. The molecule has 0 unspecified atom stereocenters. The van der Waals surface area contributed by atoms with Gasteiger partial charge in [0.05, 0.1) is 12.7 Å². The third-order valence-corrected chi connectivity index (χ3v) is 2.68. The molecule has 1 aromatic heterocycles. The zero-order valence-corrected chi connectivity index (χ0v) is 10.1. The molecule has 7 heteroatoms. The molecule has 4 N–H and O–H groups in total. The molecule has 0 saturated heterocycles. The van der Waals surface area contributed by atoms with Gasteiger partial charge in [-0.25, -0.2) is 4.79 Å². The van der Waals surface area contributed by atoms with Crippen molar-refractivity contribution in [2.45, 2.75) is 6.42 Å². The van der Waals surface area contributed by atoms with Gasteiger partial charge in [-0.2, -0.15) is 0 Å². The van der Waals surface area contributed by atoms with Gasteiger partial charge in [0.2, 0.25) is 5.88 Å². The molecule has 0 aliphatic heterocycles. The minimum atomic E-state index is -0.787. The lowest BCUT2D eigenvalue weighted by Gasteiger charge is -2.07. The second-order valence-electron chi connectivity index (χ2n) is 3.91. The molecule has 1 aromatic carbocycles. The fraction of sp³-hybridized carbons (Fsp3) is 0.167. The molecule has 1 heterocycles. The average molecular weight is 264 g/mol. The number of phenolic OH excluding ortho intramolecular Hbond substituents is 1. The minimum absolute atomic E-state index is 0.0201. The van der Waals surface area contributed by atoms with Gasteiger partial charge >= 0.3 is 5.69 Å². The van der Waals surface area contributed by atoms with Crippen LogP contribution < -0.4 is 16.0 Å². The van der Waals surface area contributed by atoms with Crippen LogP contribution in [0.2, 0.25) is 0 Å². The molecule has 0 fully saturated rings. The first-order valence-corrected chi connectivity index (χ1v) is 5.41. The smallest absolute Gasteiger partial charge is 0.328 e. The number of aromatic nitrogens is 2. The number of methoxy groups -OCH3 is 1.